The summed E-state index contributed by atoms with van der Waals surface area (Å²) >= 11 is 0. The van der Waals surface area contributed by atoms with E-state index in [2.05, 4.69) is 93.6 Å². The molecule has 3 heterocycles. The van der Waals surface area contributed by atoms with Crippen LogP contribution < -0.4 is 10.4 Å². The lowest BCUT2D eigenvalue weighted by molar-refractivity contribution is -0.369. The maximum Gasteiger partial charge on any atom is 0.261 e. The van der Waals surface area contributed by atoms with E-state index in [4.69, 9.17) is 18.6 Å². The zero-order valence-corrected chi connectivity index (χ0v) is 23.7. The first-order valence-corrected chi connectivity index (χ1v) is 15.7. The topological polar surface area (TPSA) is 57.2 Å². The number of rotatable bonds is 6. The Morgan fingerprint density at radius 1 is 0.946 bits per heavy atom. The maximum atomic E-state index is 9.84. The molecule has 3 aliphatic rings. The van der Waals surface area contributed by atoms with Gasteiger partial charge in [-0.05, 0) is 47.7 Å². The molecule has 37 heavy (non-hydrogen) atoms. The molecule has 0 saturated carbocycles. The van der Waals surface area contributed by atoms with Crippen LogP contribution in [-0.2, 0) is 18.6 Å². The summed E-state index contributed by atoms with van der Waals surface area (Å²) in [6.45, 7) is 9.36. The Kier molecular flexibility index (Phi) is 7.29. The lowest BCUT2D eigenvalue weighted by Gasteiger charge is -2.48. The molecule has 2 aromatic rings. The second kappa shape index (κ2) is 10.1. The fourth-order valence-electron chi connectivity index (χ4n) is 6.41. The molecule has 5 nitrogen and oxygen atoms in total. The molecule has 0 amide bonds. The van der Waals surface area contributed by atoms with E-state index in [0.29, 0.717) is 13.0 Å². The normalized spacial score (nSPS) is 32.3. The molecule has 3 aliphatic heterocycles. The fraction of sp³-hybridized carbons (Fsp3) is 0.548. The number of aliphatic hydroxyl groups is 1. The van der Waals surface area contributed by atoms with Gasteiger partial charge in [0.1, 0.15) is 0 Å². The minimum atomic E-state index is -2.64. The third-order valence-electron chi connectivity index (χ3n) is 8.28. The molecule has 0 aromatic heterocycles. The highest BCUT2D eigenvalue weighted by molar-refractivity contribution is 6.99. The first-order chi connectivity index (χ1) is 17.6. The van der Waals surface area contributed by atoms with Crippen LogP contribution in [0.2, 0.25) is 5.04 Å². The largest absolute Gasteiger partial charge is 0.405 e. The second-order valence-corrected chi connectivity index (χ2v) is 16.6. The maximum absolute atomic E-state index is 9.84. The van der Waals surface area contributed by atoms with Gasteiger partial charge in [0.2, 0.25) is 0 Å². The SMILES string of the molecule is CC(C)(C)[Si](OC[C@@H]1CCC[C@]2(C=CC[C@]3(CC[C@](C)(CO)O3)O2)O1)(c1ccccc1)c1ccccc1. The highest BCUT2D eigenvalue weighted by Gasteiger charge is 2.55. The Morgan fingerprint density at radius 2 is 1.59 bits per heavy atom. The molecule has 2 spiro atoms. The first-order valence-electron chi connectivity index (χ1n) is 13.8. The molecular weight excluding hydrogens is 480 g/mol. The van der Waals surface area contributed by atoms with E-state index in [-0.39, 0.29) is 17.7 Å². The van der Waals surface area contributed by atoms with Gasteiger partial charge in [0.25, 0.3) is 8.32 Å². The quantitative estimate of drug-likeness (QED) is 0.424. The van der Waals surface area contributed by atoms with Gasteiger partial charge in [0.05, 0.1) is 24.9 Å². The van der Waals surface area contributed by atoms with E-state index in [1.54, 1.807) is 0 Å². The predicted molar refractivity (Wildman–Crippen MR) is 148 cm³/mol. The van der Waals surface area contributed by atoms with Crippen LogP contribution in [0.5, 0.6) is 0 Å². The van der Waals surface area contributed by atoms with Gasteiger partial charge in [-0.3, -0.25) is 0 Å². The van der Waals surface area contributed by atoms with Gasteiger partial charge in [-0.25, -0.2) is 0 Å². The van der Waals surface area contributed by atoms with Crippen LogP contribution in [0.1, 0.15) is 66.2 Å². The van der Waals surface area contributed by atoms with E-state index in [1.165, 1.54) is 10.4 Å². The number of aliphatic hydroxyl groups excluding tert-OH is 1. The number of hydrogen-bond donors (Lipinski definition) is 1. The Labute approximate surface area is 222 Å². The molecule has 6 heteroatoms. The highest BCUT2D eigenvalue weighted by Crippen LogP contribution is 2.48. The number of hydrogen-bond acceptors (Lipinski definition) is 5. The second-order valence-electron chi connectivity index (χ2n) is 12.2. The van der Waals surface area contributed by atoms with E-state index in [1.807, 2.05) is 6.92 Å². The Hall–Kier alpha value is -1.80. The lowest BCUT2D eigenvalue weighted by atomic mass is 9.95. The molecule has 4 atom stereocenters. The lowest BCUT2D eigenvalue weighted by Crippen LogP contribution is -2.67. The number of ether oxygens (including phenoxy) is 3. The molecular formula is C31H42O5Si. The van der Waals surface area contributed by atoms with Crippen molar-refractivity contribution in [1.82, 2.24) is 0 Å². The Balaban J connectivity index is 1.39. The van der Waals surface area contributed by atoms with Crippen molar-refractivity contribution in [3.63, 3.8) is 0 Å². The van der Waals surface area contributed by atoms with Crippen molar-refractivity contribution in [3.8, 4) is 0 Å². The van der Waals surface area contributed by atoms with Crippen LogP contribution >= 0.6 is 0 Å². The molecule has 1 N–H and O–H groups in total. The van der Waals surface area contributed by atoms with E-state index < -0.39 is 25.5 Å². The van der Waals surface area contributed by atoms with Crippen molar-refractivity contribution >= 4 is 18.7 Å². The van der Waals surface area contributed by atoms with Crippen molar-refractivity contribution in [2.45, 2.75) is 94.5 Å². The van der Waals surface area contributed by atoms with Gasteiger partial charge in [-0.1, -0.05) is 87.5 Å². The van der Waals surface area contributed by atoms with Gasteiger partial charge in [0.15, 0.2) is 11.6 Å². The van der Waals surface area contributed by atoms with Crippen molar-refractivity contribution in [3.05, 3.63) is 72.8 Å². The molecule has 5 rings (SSSR count). The minimum Gasteiger partial charge on any atom is -0.405 e. The van der Waals surface area contributed by atoms with Gasteiger partial charge in [-0.15, -0.1) is 0 Å². The molecule has 200 valence electrons. The Morgan fingerprint density at radius 3 is 2.16 bits per heavy atom. The molecule has 0 unspecified atom stereocenters. The van der Waals surface area contributed by atoms with Crippen LogP contribution in [0.25, 0.3) is 0 Å². The van der Waals surface area contributed by atoms with Crippen LogP contribution in [-0.4, -0.2) is 49.9 Å². The Bertz CT molecular complexity index is 1040. The molecule has 0 radical (unpaired) electrons. The molecule has 2 aromatic carbocycles. The van der Waals surface area contributed by atoms with Crippen molar-refractivity contribution < 1.29 is 23.7 Å². The van der Waals surface area contributed by atoms with Crippen molar-refractivity contribution in [2.75, 3.05) is 13.2 Å². The summed E-state index contributed by atoms with van der Waals surface area (Å²) in [4.78, 5) is 0. The number of benzene rings is 2. The summed E-state index contributed by atoms with van der Waals surface area (Å²) in [7, 11) is -2.64. The van der Waals surface area contributed by atoms with E-state index in [0.717, 1.165) is 32.1 Å². The van der Waals surface area contributed by atoms with Gasteiger partial charge < -0.3 is 23.7 Å². The molecule has 2 fully saturated rings. The summed E-state index contributed by atoms with van der Waals surface area (Å²) in [5.74, 6) is -1.54. The van der Waals surface area contributed by atoms with Gasteiger partial charge in [0, 0.05) is 19.3 Å². The monoisotopic (exact) mass is 522 g/mol. The van der Waals surface area contributed by atoms with Gasteiger partial charge in [-0.2, -0.15) is 0 Å². The minimum absolute atomic E-state index is 0.00929. The fourth-order valence-corrected chi connectivity index (χ4v) is 11.0. The summed E-state index contributed by atoms with van der Waals surface area (Å²) in [6.07, 6.45) is 9.05. The summed E-state index contributed by atoms with van der Waals surface area (Å²) < 4.78 is 26.9. The third kappa shape index (κ3) is 5.12. The average molecular weight is 523 g/mol. The van der Waals surface area contributed by atoms with Crippen molar-refractivity contribution in [2.24, 2.45) is 0 Å². The van der Waals surface area contributed by atoms with Crippen LogP contribution in [0, 0.1) is 0 Å². The standard InChI is InChI=1S/C31H42O5Si/c1-28(2,3)37(26-14-7-5-8-15-26,27-16-9-6-10-17-27)33-23-25-13-11-18-30(34-25)19-12-20-31(36-30)22-21-29(4,24-32)35-31/h5-10,12,14-17,19,25,32H,11,13,18,20-24H2,1-4H3/t25-,29+,30-,31+/m0/s1. The van der Waals surface area contributed by atoms with E-state index >= 15 is 0 Å². The molecule has 0 aliphatic carbocycles. The van der Waals surface area contributed by atoms with Crippen LogP contribution in [0.3, 0.4) is 0 Å². The summed E-state index contributed by atoms with van der Waals surface area (Å²) in [5, 5.41) is 12.3. The highest BCUT2D eigenvalue weighted by atomic mass is 28.4. The van der Waals surface area contributed by atoms with E-state index in [9.17, 15) is 5.11 Å². The first kappa shape index (κ1) is 26.8. The van der Waals surface area contributed by atoms with Crippen LogP contribution in [0.15, 0.2) is 72.8 Å². The van der Waals surface area contributed by atoms with Gasteiger partial charge >= 0.3 is 0 Å². The summed E-state index contributed by atoms with van der Waals surface area (Å²) in [5.41, 5.74) is -0.563. The molecule has 2 saturated heterocycles. The van der Waals surface area contributed by atoms with Crippen molar-refractivity contribution in [1.29, 1.82) is 0 Å². The summed E-state index contributed by atoms with van der Waals surface area (Å²) in [6, 6.07) is 21.5. The zero-order valence-electron chi connectivity index (χ0n) is 22.7. The smallest absolute Gasteiger partial charge is 0.261 e. The van der Waals surface area contributed by atoms with Crippen LogP contribution in [0.4, 0.5) is 0 Å². The molecule has 0 bridgehead atoms. The third-order valence-corrected chi connectivity index (χ3v) is 13.3. The zero-order chi connectivity index (χ0) is 26.2. The predicted octanol–water partition coefficient (Wildman–Crippen LogP) is 5.06. The average Bonchev–Trinajstić information content (AvgIpc) is 3.20.